The number of pyridine rings is 1. The fourth-order valence-corrected chi connectivity index (χ4v) is 3.68. The highest BCUT2D eigenvalue weighted by atomic mass is 16.5. The number of hydrogen-bond acceptors (Lipinski definition) is 5. The molecule has 1 aromatic heterocycles. The van der Waals surface area contributed by atoms with E-state index in [4.69, 9.17) is 10.5 Å². The molecule has 1 aromatic carbocycles. The van der Waals surface area contributed by atoms with Gasteiger partial charge in [0.1, 0.15) is 5.75 Å². The number of primary amides is 1. The summed E-state index contributed by atoms with van der Waals surface area (Å²) < 4.78 is 5.52. The molecule has 26 heavy (non-hydrogen) atoms. The van der Waals surface area contributed by atoms with E-state index in [0.29, 0.717) is 19.5 Å². The van der Waals surface area contributed by atoms with Gasteiger partial charge in [0.15, 0.2) is 0 Å². The zero-order valence-electron chi connectivity index (χ0n) is 15.0. The number of piperidine rings is 1. The number of carbonyl (C=O) groups is 1. The number of amides is 1. The Kier molecular flexibility index (Phi) is 5.54. The molecule has 2 heterocycles. The van der Waals surface area contributed by atoms with Crippen molar-refractivity contribution >= 4 is 5.91 Å². The van der Waals surface area contributed by atoms with Crippen LogP contribution in [0.4, 0.5) is 0 Å². The smallest absolute Gasteiger partial charge is 0.220 e. The van der Waals surface area contributed by atoms with Crippen LogP contribution in [0.25, 0.3) is 11.1 Å². The predicted octanol–water partition coefficient (Wildman–Crippen LogP) is 1.96. The van der Waals surface area contributed by atoms with Crippen LogP contribution in [0.2, 0.25) is 0 Å². The van der Waals surface area contributed by atoms with Gasteiger partial charge in [-0.3, -0.25) is 14.7 Å². The summed E-state index contributed by atoms with van der Waals surface area (Å²) in [7, 11) is 1.66. The van der Waals surface area contributed by atoms with Crippen LogP contribution >= 0.6 is 0 Å². The molecule has 0 spiro atoms. The fraction of sp³-hybridized carbons (Fsp3) is 0.400. The van der Waals surface area contributed by atoms with E-state index >= 15 is 0 Å². The van der Waals surface area contributed by atoms with Gasteiger partial charge in [-0.05, 0) is 54.8 Å². The second-order valence-corrected chi connectivity index (χ2v) is 6.94. The summed E-state index contributed by atoms with van der Waals surface area (Å²) in [6.45, 7) is 1.94. The molecule has 138 valence electrons. The van der Waals surface area contributed by atoms with Gasteiger partial charge in [0, 0.05) is 31.0 Å². The summed E-state index contributed by atoms with van der Waals surface area (Å²) in [6.07, 6.45) is 4.97. The molecular formula is C20H25N3O3. The van der Waals surface area contributed by atoms with E-state index in [1.54, 1.807) is 19.5 Å². The summed E-state index contributed by atoms with van der Waals surface area (Å²) in [5, 5.41) is 10.7. The third kappa shape index (κ3) is 4.39. The Balaban J connectivity index is 1.81. The van der Waals surface area contributed by atoms with E-state index in [-0.39, 0.29) is 6.42 Å². The minimum atomic E-state index is -1.04. The van der Waals surface area contributed by atoms with Gasteiger partial charge in [0.2, 0.25) is 5.91 Å². The molecule has 2 aromatic rings. The molecular weight excluding hydrogens is 330 g/mol. The van der Waals surface area contributed by atoms with Crippen LogP contribution in [0.1, 0.15) is 24.8 Å². The molecule has 1 unspecified atom stereocenters. The first kappa shape index (κ1) is 18.4. The van der Waals surface area contributed by atoms with Gasteiger partial charge in [-0.1, -0.05) is 6.07 Å². The lowest BCUT2D eigenvalue weighted by Crippen LogP contribution is -2.49. The highest BCUT2D eigenvalue weighted by Gasteiger charge is 2.34. The molecule has 1 atom stereocenters. The van der Waals surface area contributed by atoms with Crippen LogP contribution in [-0.2, 0) is 11.3 Å². The molecule has 0 saturated carbocycles. The zero-order chi connectivity index (χ0) is 18.6. The number of aromatic nitrogens is 1. The van der Waals surface area contributed by atoms with Gasteiger partial charge < -0.3 is 15.6 Å². The number of hydrogen-bond donors (Lipinski definition) is 2. The predicted molar refractivity (Wildman–Crippen MR) is 99.5 cm³/mol. The van der Waals surface area contributed by atoms with E-state index in [9.17, 15) is 9.90 Å². The number of nitrogens with zero attached hydrogens (tertiary/aromatic N) is 2. The Morgan fingerprint density at radius 3 is 2.77 bits per heavy atom. The molecule has 3 N–H and O–H groups in total. The summed E-state index contributed by atoms with van der Waals surface area (Å²) >= 11 is 0. The average molecular weight is 355 g/mol. The normalized spacial score (nSPS) is 20.7. The molecule has 1 amide bonds. The number of carbonyl (C=O) groups excluding carboxylic acids is 1. The number of nitrogens with two attached hydrogens (primary N) is 1. The fourth-order valence-electron chi connectivity index (χ4n) is 3.68. The zero-order valence-corrected chi connectivity index (χ0v) is 15.0. The Morgan fingerprint density at radius 1 is 1.31 bits per heavy atom. The Labute approximate surface area is 153 Å². The van der Waals surface area contributed by atoms with Crippen molar-refractivity contribution in [1.82, 2.24) is 9.88 Å². The van der Waals surface area contributed by atoms with E-state index < -0.39 is 11.5 Å². The second-order valence-electron chi connectivity index (χ2n) is 6.94. The maximum atomic E-state index is 11.3. The first-order valence-electron chi connectivity index (χ1n) is 8.79. The van der Waals surface area contributed by atoms with Crippen molar-refractivity contribution in [2.45, 2.75) is 31.4 Å². The van der Waals surface area contributed by atoms with E-state index in [0.717, 1.165) is 35.4 Å². The highest BCUT2D eigenvalue weighted by Crippen LogP contribution is 2.30. The number of β-amino-alcohol motifs (C(OH)–C–C–N with tert-alkyl or cyclic N) is 1. The van der Waals surface area contributed by atoms with E-state index in [1.807, 2.05) is 24.3 Å². The van der Waals surface area contributed by atoms with Gasteiger partial charge >= 0.3 is 0 Å². The summed E-state index contributed by atoms with van der Waals surface area (Å²) in [5.41, 5.74) is 7.48. The van der Waals surface area contributed by atoms with Gasteiger partial charge in [-0.2, -0.15) is 0 Å². The molecule has 1 aliphatic heterocycles. The minimum Gasteiger partial charge on any atom is -0.496 e. The molecule has 1 aliphatic rings. The Morgan fingerprint density at radius 2 is 2.08 bits per heavy atom. The Bertz CT molecular complexity index is 766. The Hall–Kier alpha value is -2.44. The first-order valence-corrected chi connectivity index (χ1v) is 8.79. The van der Waals surface area contributed by atoms with Gasteiger partial charge in [-0.15, -0.1) is 0 Å². The van der Waals surface area contributed by atoms with Gasteiger partial charge in [0.25, 0.3) is 0 Å². The van der Waals surface area contributed by atoms with Crippen molar-refractivity contribution in [2.24, 2.45) is 5.73 Å². The average Bonchev–Trinajstić information content (AvgIpc) is 2.61. The maximum Gasteiger partial charge on any atom is 0.220 e. The molecule has 0 aliphatic carbocycles. The number of methoxy groups -OCH3 is 1. The van der Waals surface area contributed by atoms with Crippen molar-refractivity contribution in [1.29, 1.82) is 0 Å². The molecule has 6 nitrogen and oxygen atoms in total. The largest absolute Gasteiger partial charge is 0.496 e. The molecule has 1 fully saturated rings. The van der Waals surface area contributed by atoms with Gasteiger partial charge in [0.05, 0.1) is 19.1 Å². The number of rotatable bonds is 6. The summed E-state index contributed by atoms with van der Waals surface area (Å²) in [4.78, 5) is 17.5. The third-order valence-corrected chi connectivity index (χ3v) is 4.83. The molecule has 6 heteroatoms. The molecule has 3 rings (SSSR count). The number of benzene rings is 1. The summed E-state index contributed by atoms with van der Waals surface area (Å²) in [6, 6.07) is 10.0. The molecule has 0 radical (unpaired) electrons. The summed E-state index contributed by atoms with van der Waals surface area (Å²) in [5.74, 6) is 0.346. The lowest BCUT2D eigenvalue weighted by Gasteiger charge is -2.38. The standard InChI is InChI=1S/C20H25N3O3/c1-26-18-4-3-16(15-5-8-22-9-6-15)11-17(18)13-23-10-2-7-20(25,14-23)12-19(21)24/h3-6,8-9,11,25H,2,7,10,12-14H2,1H3,(H2,21,24). The molecule has 1 saturated heterocycles. The quantitative estimate of drug-likeness (QED) is 0.827. The van der Waals surface area contributed by atoms with Crippen molar-refractivity contribution in [3.8, 4) is 16.9 Å². The maximum absolute atomic E-state index is 11.3. The highest BCUT2D eigenvalue weighted by molar-refractivity contribution is 5.75. The number of likely N-dealkylation sites (tertiary alicyclic amines) is 1. The van der Waals surface area contributed by atoms with E-state index in [1.165, 1.54) is 0 Å². The van der Waals surface area contributed by atoms with Crippen LogP contribution in [0.3, 0.4) is 0 Å². The van der Waals surface area contributed by atoms with Crippen LogP contribution in [0.15, 0.2) is 42.7 Å². The van der Waals surface area contributed by atoms with Crippen molar-refractivity contribution < 1.29 is 14.6 Å². The number of ether oxygens (including phenoxy) is 1. The monoisotopic (exact) mass is 355 g/mol. The topological polar surface area (TPSA) is 88.7 Å². The van der Waals surface area contributed by atoms with Gasteiger partial charge in [-0.25, -0.2) is 0 Å². The van der Waals surface area contributed by atoms with Crippen LogP contribution in [0, 0.1) is 0 Å². The van der Waals surface area contributed by atoms with Crippen molar-refractivity contribution in [3.05, 3.63) is 48.3 Å². The lowest BCUT2D eigenvalue weighted by molar-refractivity contribution is -0.125. The molecule has 0 bridgehead atoms. The first-order chi connectivity index (χ1) is 12.5. The van der Waals surface area contributed by atoms with Crippen molar-refractivity contribution in [3.63, 3.8) is 0 Å². The minimum absolute atomic E-state index is 0.00229. The number of aliphatic hydroxyl groups is 1. The SMILES string of the molecule is COc1ccc(-c2ccncc2)cc1CN1CCCC(O)(CC(N)=O)C1. The lowest BCUT2D eigenvalue weighted by atomic mass is 9.89. The van der Waals surface area contributed by atoms with Crippen LogP contribution in [0.5, 0.6) is 5.75 Å². The van der Waals surface area contributed by atoms with Crippen LogP contribution < -0.4 is 10.5 Å². The van der Waals surface area contributed by atoms with Crippen molar-refractivity contribution in [2.75, 3.05) is 20.2 Å². The third-order valence-electron chi connectivity index (χ3n) is 4.83. The second kappa shape index (κ2) is 7.85. The van der Waals surface area contributed by atoms with Crippen LogP contribution in [-0.4, -0.2) is 46.7 Å². The van der Waals surface area contributed by atoms with E-state index in [2.05, 4.69) is 16.0 Å².